The molecule has 0 saturated heterocycles. The second-order valence-electron chi connectivity index (χ2n) is 5.62. The van der Waals surface area contributed by atoms with Gasteiger partial charge in [-0.05, 0) is 6.92 Å². The van der Waals surface area contributed by atoms with E-state index in [0.717, 1.165) is 0 Å². The van der Waals surface area contributed by atoms with E-state index in [1.165, 1.54) is 0 Å². The van der Waals surface area contributed by atoms with Gasteiger partial charge in [0, 0.05) is 5.56 Å². The van der Waals surface area contributed by atoms with E-state index >= 15 is 0 Å². The Morgan fingerprint density at radius 1 is 0.567 bits per heavy atom. The van der Waals surface area contributed by atoms with E-state index in [0.29, 0.717) is 0 Å². The molecule has 2 nitrogen and oxygen atoms in total. The topological polar surface area (TPSA) is 34.1 Å². The molecule has 2 rings (SSSR count). The molecule has 2 aromatic rings. The largest absolute Gasteiger partial charge is 0.497 e. The van der Waals surface area contributed by atoms with Crippen molar-refractivity contribution in [1.82, 2.24) is 0 Å². The second kappa shape index (κ2) is 7.35. The first-order valence-electron chi connectivity index (χ1n) is 7.16. The summed E-state index contributed by atoms with van der Waals surface area (Å²) in [7, 11) is -6.45. The summed E-state index contributed by atoms with van der Waals surface area (Å²) in [4.78, 5) is 0. The maximum absolute atomic E-state index is 14.2. The van der Waals surface area contributed by atoms with Gasteiger partial charge in [0.05, 0.1) is 16.4 Å². The lowest BCUT2D eigenvalue weighted by Crippen LogP contribution is -2.29. The Bertz CT molecular complexity index is 1100. The molecule has 1 unspecified atom stereocenters. The summed E-state index contributed by atoms with van der Waals surface area (Å²) < 4.78 is 184. The number of hydrogen-bond donors (Lipinski definition) is 0. The van der Waals surface area contributed by atoms with Gasteiger partial charge in [-0.25, -0.2) is 47.9 Å². The average Bonchev–Trinajstić information content (AvgIpc) is 2.65. The van der Waals surface area contributed by atoms with Crippen LogP contribution >= 0.6 is 0 Å². The Balaban J connectivity index is 2.96. The van der Waals surface area contributed by atoms with E-state index in [-0.39, 0.29) is 6.92 Å². The third kappa shape index (κ3) is 3.28. The monoisotopic (exact) mass is 476 g/mol. The van der Waals surface area contributed by atoms with E-state index in [1.54, 1.807) is 0 Å². The lowest BCUT2D eigenvalue weighted by molar-refractivity contribution is -0.0444. The van der Waals surface area contributed by atoms with Crippen LogP contribution in [-0.4, -0.2) is 13.9 Å². The number of benzene rings is 2. The van der Waals surface area contributed by atoms with Crippen LogP contribution in [0.15, 0.2) is 0 Å². The van der Waals surface area contributed by atoms with Crippen molar-refractivity contribution in [2.75, 3.05) is 0 Å². The van der Waals surface area contributed by atoms with Gasteiger partial charge < -0.3 is 0 Å². The fourth-order valence-corrected chi connectivity index (χ4v) is 3.32. The lowest BCUT2D eigenvalue weighted by Gasteiger charge is -2.19. The Hall–Kier alpha value is -2.45. The molecule has 0 aromatic heterocycles. The normalized spacial score (nSPS) is 13.6. The molecule has 0 spiro atoms. The molecule has 0 aliphatic heterocycles. The summed E-state index contributed by atoms with van der Waals surface area (Å²) in [6.45, 7) is 0.00126. The SMILES string of the molecule is CC(c1c(F)c(F)c(-c2c(F)c(F)c(F)c(F)c2F)c(F)c1F)S(=O)(=O)C(F)(F)F. The van der Waals surface area contributed by atoms with Crippen LogP contribution < -0.4 is 0 Å². The third-order valence-corrected chi connectivity index (χ3v) is 5.76. The average molecular weight is 476 g/mol. The van der Waals surface area contributed by atoms with Crippen LogP contribution in [0.3, 0.4) is 0 Å². The molecule has 15 heteroatoms. The van der Waals surface area contributed by atoms with Gasteiger partial charge in [0.2, 0.25) is 5.82 Å². The highest BCUT2D eigenvalue weighted by Crippen LogP contribution is 2.42. The first kappa shape index (κ1) is 23.8. The van der Waals surface area contributed by atoms with Crippen molar-refractivity contribution in [3.05, 3.63) is 57.9 Å². The zero-order valence-electron chi connectivity index (χ0n) is 13.8. The molecule has 0 heterocycles. The van der Waals surface area contributed by atoms with Gasteiger partial charge in [-0.15, -0.1) is 0 Å². The Labute approximate surface area is 158 Å². The molecule has 0 radical (unpaired) electrons. The molecule has 166 valence electrons. The predicted molar refractivity (Wildman–Crippen MR) is 74.9 cm³/mol. The quantitative estimate of drug-likeness (QED) is 0.329. The maximum Gasteiger partial charge on any atom is 0.497 e. The van der Waals surface area contributed by atoms with Crippen LogP contribution in [-0.2, 0) is 9.84 Å². The van der Waals surface area contributed by atoms with Crippen molar-refractivity contribution in [1.29, 1.82) is 0 Å². The fraction of sp³-hybridized carbons (Fsp3) is 0.200. The van der Waals surface area contributed by atoms with E-state index in [1.807, 2.05) is 0 Å². The molecular formula is C15H4F12O2S. The number of sulfone groups is 1. The van der Waals surface area contributed by atoms with E-state index in [9.17, 15) is 61.1 Å². The summed E-state index contributed by atoms with van der Waals surface area (Å²) >= 11 is 0. The van der Waals surface area contributed by atoms with Crippen LogP contribution in [0.1, 0.15) is 17.7 Å². The Kier molecular flexibility index (Phi) is 5.84. The van der Waals surface area contributed by atoms with Gasteiger partial charge in [-0.1, -0.05) is 0 Å². The first-order chi connectivity index (χ1) is 13.5. The molecule has 0 aliphatic carbocycles. The standard InChI is InChI=1S/C15H4F12O2S/c1-2(30(28,29)15(25,26)27)3-6(16)8(18)4(9(19)7(3)17)5-10(20)12(22)14(24)13(23)11(5)21/h2H,1H3. The van der Waals surface area contributed by atoms with Crippen molar-refractivity contribution < 1.29 is 61.1 Å². The van der Waals surface area contributed by atoms with Gasteiger partial charge >= 0.3 is 5.51 Å². The molecule has 0 bridgehead atoms. The van der Waals surface area contributed by atoms with E-state index in [2.05, 4.69) is 0 Å². The van der Waals surface area contributed by atoms with Crippen molar-refractivity contribution in [2.24, 2.45) is 0 Å². The molecular weight excluding hydrogens is 472 g/mol. The smallest absolute Gasteiger partial charge is 0.219 e. The Morgan fingerprint density at radius 2 is 0.833 bits per heavy atom. The zero-order chi connectivity index (χ0) is 23.5. The number of halogens is 12. The van der Waals surface area contributed by atoms with E-state index < -0.39 is 89.6 Å². The highest BCUT2D eigenvalue weighted by atomic mass is 32.2. The Morgan fingerprint density at radius 3 is 1.13 bits per heavy atom. The zero-order valence-corrected chi connectivity index (χ0v) is 14.7. The van der Waals surface area contributed by atoms with Crippen LogP contribution in [0.25, 0.3) is 11.1 Å². The van der Waals surface area contributed by atoms with Gasteiger partial charge in [0.1, 0.15) is 0 Å². The highest BCUT2D eigenvalue weighted by molar-refractivity contribution is 7.92. The van der Waals surface area contributed by atoms with Crippen molar-refractivity contribution in [3.8, 4) is 11.1 Å². The second-order valence-corrected chi connectivity index (χ2v) is 7.88. The minimum atomic E-state index is -6.45. The molecule has 30 heavy (non-hydrogen) atoms. The molecule has 1 atom stereocenters. The minimum absolute atomic E-state index is 0.00126. The lowest BCUT2D eigenvalue weighted by atomic mass is 9.98. The molecule has 0 saturated carbocycles. The fourth-order valence-electron chi connectivity index (χ4n) is 2.41. The summed E-state index contributed by atoms with van der Waals surface area (Å²) in [6, 6.07) is 0. The van der Waals surface area contributed by atoms with E-state index in [4.69, 9.17) is 0 Å². The number of alkyl halides is 3. The first-order valence-corrected chi connectivity index (χ1v) is 8.70. The van der Waals surface area contributed by atoms with Gasteiger partial charge in [0.25, 0.3) is 9.84 Å². The van der Waals surface area contributed by atoms with Gasteiger partial charge in [-0.2, -0.15) is 13.2 Å². The molecule has 0 amide bonds. The summed E-state index contributed by atoms with van der Waals surface area (Å²) in [5.41, 5.74) is -13.4. The van der Waals surface area contributed by atoms with Crippen molar-refractivity contribution in [3.63, 3.8) is 0 Å². The van der Waals surface area contributed by atoms with Crippen LogP contribution in [0.5, 0.6) is 0 Å². The molecule has 0 aliphatic rings. The van der Waals surface area contributed by atoms with Gasteiger partial charge in [-0.3, -0.25) is 0 Å². The summed E-state index contributed by atoms with van der Waals surface area (Å²) in [6.07, 6.45) is 0. The third-order valence-electron chi connectivity index (χ3n) is 3.95. The highest BCUT2D eigenvalue weighted by Gasteiger charge is 2.51. The van der Waals surface area contributed by atoms with Crippen molar-refractivity contribution >= 4 is 9.84 Å². The van der Waals surface area contributed by atoms with Crippen LogP contribution in [0, 0.1) is 52.4 Å². The molecule has 0 N–H and O–H groups in total. The van der Waals surface area contributed by atoms with Crippen molar-refractivity contribution in [2.45, 2.75) is 17.7 Å². The predicted octanol–water partition coefficient (Wildman–Crippen LogP) is 5.60. The molecule has 2 aromatic carbocycles. The van der Waals surface area contributed by atoms with Gasteiger partial charge in [0.15, 0.2) is 46.5 Å². The molecule has 0 fully saturated rings. The van der Waals surface area contributed by atoms with Crippen LogP contribution in [0.2, 0.25) is 0 Å². The summed E-state index contributed by atoms with van der Waals surface area (Å²) in [5.74, 6) is -25.6. The number of rotatable bonds is 3. The van der Waals surface area contributed by atoms with Crippen LogP contribution in [0.4, 0.5) is 52.7 Å². The maximum atomic E-state index is 14.2. The summed E-state index contributed by atoms with van der Waals surface area (Å²) in [5, 5.41) is -3.29. The minimum Gasteiger partial charge on any atom is -0.219 e. The number of hydrogen-bond acceptors (Lipinski definition) is 2.